The number of carbonyl (C=O) groups excluding carboxylic acids is 2. The predicted octanol–water partition coefficient (Wildman–Crippen LogP) is 3.28. The molecule has 1 saturated heterocycles. The summed E-state index contributed by atoms with van der Waals surface area (Å²) in [6.45, 7) is 4.00. The standard InChI is InChI=1S/C17H16N2O2/c1-12-6-8-14(9-7-12)18-11-16(20)19(17(18)21)15-5-3-4-13(2)10-15/h3-10H,11H2,1-2H3. The fraction of sp³-hybridized carbons (Fsp3) is 0.176. The van der Waals surface area contributed by atoms with E-state index in [1.807, 2.05) is 56.3 Å². The molecular weight excluding hydrogens is 264 g/mol. The van der Waals surface area contributed by atoms with Crippen molar-refractivity contribution in [2.24, 2.45) is 0 Å². The van der Waals surface area contributed by atoms with Crippen LogP contribution in [0.25, 0.3) is 0 Å². The van der Waals surface area contributed by atoms with Crippen molar-refractivity contribution in [2.75, 3.05) is 16.3 Å². The zero-order valence-electron chi connectivity index (χ0n) is 12.0. The Morgan fingerprint density at radius 3 is 2.24 bits per heavy atom. The van der Waals surface area contributed by atoms with E-state index in [4.69, 9.17) is 0 Å². The highest BCUT2D eigenvalue weighted by Gasteiger charge is 2.37. The van der Waals surface area contributed by atoms with Crippen molar-refractivity contribution in [3.05, 3.63) is 59.7 Å². The topological polar surface area (TPSA) is 40.6 Å². The average molecular weight is 280 g/mol. The minimum atomic E-state index is -0.297. The summed E-state index contributed by atoms with van der Waals surface area (Å²) < 4.78 is 0. The Morgan fingerprint density at radius 1 is 0.857 bits per heavy atom. The molecule has 4 nitrogen and oxygen atoms in total. The second-order valence-corrected chi connectivity index (χ2v) is 5.27. The first-order chi connectivity index (χ1) is 10.1. The molecule has 0 saturated carbocycles. The molecule has 2 aromatic rings. The van der Waals surface area contributed by atoms with Crippen LogP contribution in [0.2, 0.25) is 0 Å². The first kappa shape index (κ1) is 13.4. The van der Waals surface area contributed by atoms with Crippen LogP contribution in [0.3, 0.4) is 0 Å². The molecule has 0 bridgehead atoms. The predicted molar refractivity (Wildman–Crippen MR) is 82.6 cm³/mol. The van der Waals surface area contributed by atoms with E-state index in [1.165, 1.54) is 9.80 Å². The van der Waals surface area contributed by atoms with Gasteiger partial charge in [0.2, 0.25) is 0 Å². The maximum absolute atomic E-state index is 12.5. The monoisotopic (exact) mass is 280 g/mol. The maximum Gasteiger partial charge on any atom is 0.336 e. The van der Waals surface area contributed by atoms with Crippen LogP contribution in [0, 0.1) is 13.8 Å². The lowest BCUT2D eigenvalue weighted by molar-refractivity contribution is -0.115. The lowest BCUT2D eigenvalue weighted by Gasteiger charge is -2.17. The van der Waals surface area contributed by atoms with Crippen LogP contribution in [0.5, 0.6) is 0 Å². The Kier molecular flexibility index (Phi) is 3.22. The highest BCUT2D eigenvalue weighted by Crippen LogP contribution is 2.26. The second-order valence-electron chi connectivity index (χ2n) is 5.27. The van der Waals surface area contributed by atoms with Crippen LogP contribution in [0.15, 0.2) is 48.5 Å². The average Bonchev–Trinajstić information content (AvgIpc) is 2.75. The third-order valence-corrected chi connectivity index (χ3v) is 3.57. The summed E-state index contributed by atoms with van der Waals surface area (Å²) in [6.07, 6.45) is 0. The van der Waals surface area contributed by atoms with E-state index in [9.17, 15) is 9.59 Å². The van der Waals surface area contributed by atoms with Gasteiger partial charge in [-0.2, -0.15) is 0 Å². The number of nitrogens with zero attached hydrogens (tertiary/aromatic N) is 2. The van der Waals surface area contributed by atoms with E-state index in [2.05, 4.69) is 0 Å². The number of urea groups is 1. The Hall–Kier alpha value is -2.62. The number of carbonyl (C=O) groups is 2. The van der Waals surface area contributed by atoms with Crippen molar-refractivity contribution in [1.82, 2.24) is 0 Å². The molecule has 0 unspecified atom stereocenters. The number of hydrogen-bond acceptors (Lipinski definition) is 2. The van der Waals surface area contributed by atoms with Crippen LogP contribution < -0.4 is 9.80 Å². The van der Waals surface area contributed by atoms with Crippen LogP contribution in [-0.2, 0) is 4.79 Å². The molecular formula is C17H16N2O2. The summed E-state index contributed by atoms with van der Waals surface area (Å²) in [4.78, 5) is 27.5. The van der Waals surface area contributed by atoms with Crippen LogP contribution >= 0.6 is 0 Å². The molecule has 21 heavy (non-hydrogen) atoms. The lowest BCUT2D eigenvalue weighted by atomic mass is 10.2. The summed E-state index contributed by atoms with van der Waals surface area (Å²) in [5.74, 6) is -0.203. The number of amides is 3. The third-order valence-electron chi connectivity index (χ3n) is 3.57. The first-order valence-corrected chi connectivity index (χ1v) is 6.84. The number of hydrogen-bond donors (Lipinski definition) is 0. The number of aryl methyl sites for hydroxylation is 2. The molecule has 1 aliphatic heterocycles. The van der Waals surface area contributed by atoms with E-state index < -0.39 is 0 Å². The van der Waals surface area contributed by atoms with Crippen molar-refractivity contribution in [3.63, 3.8) is 0 Å². The van der Waals surface area contributed by atoms with Crippen molar-refractivity contribution in [3.8, 4) is 0 Å². The molecule has 0 N–H and O–H groups in total. The van der Waals surface area contributed by atoms with Gasteiger partial charge >= 0.3 is 6.03 Å². The van der Waals surface area contributed by atoms with E-state index in [1.54, 1.807) is 6.07 Å². The van der Waals surface area contributed by atoms with Crippen molar-refractivity contribution >= 4 is 23.3 Å². The Bertz CT molecular complexity index is 707. The summed E-state index contributed by atoms with van der Waals surface area (Å²) in [6, 6.07) is 14.7. The smallest absolute Gasteiger partial charge is 0.284 e. The Morgan fingerprint density at radius 2 is 1.57 bits per heavy atom. The van der Waals surface area contributed by atoms with E-state index >= 15 is 0 Å². The zero-order valence-corrected chi connectivity index (χ0v) is 12.0. The molecule has 106 valence electrons. The molecule has 0 spiro atoms. The molecule has 0 aliphatic carbocycles. The summed E-state index contributed by atoms with van der Waals surface area (Å²) in [5.41, 5.74) is 3.50. The van der Waals surface area contributed by atoms with Gasteiger partial charge in [-0.3, -0.25) is 9.69 Å². The van der Waals surface area contributed by atoms with Gasteiger partial charge in [0.25, 0.3) is 5.91 Å². The minimum Gasteiger partial charge on any atom is -0.284 e. The summed E-state index contributed by atoms with van der Waals surface area (Å²) in [7, 11) is 0. The molecule has 4 heteroatoms. The van der Waals surface area contributed by atoms with Gasteiger partial charge < -0.3 is 0 Å². The summed E-state index contributed by atoms with van der Waals surface area (Å²) >= 11 is 0. The quantitative estimate of drug-likeness (QED) is 0.792. The number of imide groups is 1. The van der Waals surface area contributed by atoms with E-state index in [0.29, 0.717) is 5.69 Å². The number of rotatable bonds is 2. The fourth-order valence-electron chi connectivity index (χ4n) is 2.45. The number of anilines is 2. The van der Waals surface area contributed by atoms with E-state index in [0.717, 1.165) is 16.8 Å². The number of benzene rings is 2. The molecule has 1 fully saturated rings. The fourth-order valence-corrected chi connectivity index (χ4v) is 2.45. The Balaban J connectivity index is 1.94. The second kappa shape index (κ2) is 5.05. The van der Waals surface area contributed by atoms with Gasteiger partial charge in [-0.15, -0.1) is 0 Å². The van der Waals surface area contributed by atoms with Gasteiger partial charge in [0.05, 0.1) is 5.69 Å². The minimum absolute atomic E-state index is 0.0792. The summed E-state index contributed by atoms with van der Waals surface area (Å²) in [5, 5.41) is 0. The maximum atomic E-state index is 12.5. The van der Waals surface area contributed by atoms with Gasteiger partial charge in [0.1, 0.15) is 6.54 Å². The highest BCUT2D eigenvalue weighted by molar-refractivity contribution is 6.26. The molecule has 0 aromatic heterocycles. The first-order valence-electron chi connectivity index (χ1n) is 6.84. The van der Waals surface area contributed by atoms with Crippen molar-refractivity contribution < 1.29 is 9.59 Å². The SMILES string of the molecule is Cc1ccc(N2CC(=O)N(c3cccc(C)c3)C2=O)cc1. The van der Waals surface area contributed by atoms with Gasteiger partial charge in [-0.25, -0.2) is 9.69 Å². The van der Waals surface area contributed by atoms with Gasteiger partial charge in [0.15, 0.2) is 0 Å². The molecule has 1 aliphatic rings. The van der Waals surface area contributed by atoms with Gasteiger partial charge in [-0.1, -0.05) is 29.8 Å². The van der Waals surface area contributed by atoms with Crippen molar-refractivity contribution in [2.45, 2.75) is 13.8 Å². The highest BCUT2D eigenvalue weighted by atomic mass is 16.2. The van der Waals surface area contributed by atoms with Gasteiger partial charge in [-0.05, 0) is 43.7 Å². The molecule has 1 heterocycles. The zero-order chi connectivity index (χ0) is 15.0. The largest absolute Gasteiger partial charge is 0.336 e. The van der Waals surface area contributed by atoms with Crippen LogP contribution in [-0.4, -0.2) is 18.5 Å². The molecule has 0 radical (unpaired) electrons. The molecule has 0 atom stereocenters. The van der Waals surface area contributed by atoms with E-state index in [-0.39, 0.29) is 18.5 Å². The van der Waals surface area contributed by atoms with Crippen LogP contribution in [0.4, 0.5) is 16.2 Å². The Labute approximate surface area is 123 Å². The molecule has 3 rings (SSSR count). The molecule has 2 aromatic carbocycles. The third kappa shape index (κ3) is 2.40. The van der Waals surface area contributed by atoms with Crippen LogP contribution in [0.1, 0.15) is 11.1 Å². The molecule has 3 amide bonds. The van der Waals surface area contributed by atoms with Gasteiger partial charge in [0, 0.05) is 5.69 Å². The normalized spacial score (nSPS) is 15.0. The van der Waals surface area contributed by atoms with Crippen molar-refractivity contribution in [1.29, 1.82) is 0 Å². The lowest BCUT2D eigenvalue weighted by Crippen LogP contribution is -2.33.